The van der Waals surface area contributed by atoms with Gasteiger partial charge in [-0.3, -0.25) is 0 Å². The molecule has 0 aromatic carbocycles. The van der Waals surface area contributed by atoms with E-state index in [1.165, 1.54) is 19.3 Å². The fraction of sp³-hybridized carbons (Fsp3) is 0.760. The van der Waals surface area contributed by atoms with Gasteiger partial charge in [0.25, 0.3) is 0 Å². The molecular formula is C25H42O4. The molecule has 3 atom stereocenters. The van der Waals surface area contributed by atoms with Crippen molar-refractivity contribution in [3.63, 3.8) is 0 Å². The molecule has 0 heterocycles. The summed E-state index contributed by atoms with van der Waals surface area (Å²) in [5.74, 6) is -1.02. The molecule has 0 bridgehead atoms. The Hall–Kier alpha value is -1.58. The van der Waals surface area contributed by atoms with E-state index in [9.17, 15) is 19.8 Å². The number of carbonyl (C=O) groups is 2. The first kappa shape index (κ1) is 25.5. The minimum atomic E-state index is -1.11. The molecule has 0 radical (unpaired) electrons. The van der Waals surface area contributed by atoms with Gasteiger partial charge in [0.2, 0.25) is 0 Å². The van der Waals surface area contributed by atoms with Crippen molar-refractivity contribution in [2.75, 3.05) is 0 Å². The zero-order valence-corrected chi connectivity index (χ0v) is 19.0. The van der Waals surface area contributed by atoms with Crippen LogP contribution in [0.5, 0.6) is 0 Å². The van der Waals surface area contributed by atoms with Crippen molar-refractivity contribution in [2.24, 2.45) is 17.8 Å². The average molecular weight is 407 g/mol. The van der Waals surface area contributed by atoms with Crippen LogP contribution in [0.1, 0.15) is 105 Å². The average Bonchev–Trinajstić information content (AvgIpc) is 2.87. The lowest BCUT2D eigenvalue weighted by Crippen LogP contribution is -2.20. The lowest BCUT2D eigenvalue weighted by molar-refractivity contribution is -0.136. The summed E-state index contributed by atoms with van der Waals surface area (Å²) >= 11 is 0. The number of rotatable bonds is 14. The van der Waals surface area contributed by atoms with Crippen LogP contribution >= 0.6 is 0 Å². The molecular weight excluding hydrogens is 364 g/mol. The van der Waals surface area contributed by atoms with Crippen molar-refractivity contribution in [2.45, 2.75) is 105 Å². The van der Waals surface area contributed by atoms with Gasteiger partial charge >= 0.3 is 11.9 Å². The molecule has 0 aromatic rings. The molecule has 0 aromatic heterocycles. The Bertz CT molecular complexity index is 588. The predicted molar refractivity (Wildman–Crippen MR) is 119 cm³/mol. The van der Waals surface area contributed by atoms with E-state index in [0.29, 0.717) is 18.3 Å². The summed E-state index contributed by atoms with van der Waals surface area (Å²) in [6.07, 6.45) is 13.8. The van der Waals surface area contributed by atoms with Crippen molar-refractivity contribution in [3.05, 3.63) is 22.8 Å². The maximum atomic E-state index is 12.2. The summed E-state index contributed by atoms with van der Waals surface area (Å²) in [5.41, 5.74) is 0.990. The predicted octanol–water partition coefficient (Wildman–Crippen LogP) is 7.00. The molecule has 0 amide bonds. The molecule has 1 aliphatic carbocycles. The fourth-order valence-corrected chi connectivity index (χ4v) is 4.70. The van der Waals surface area contributed by atoms with Crippen LogP contribution in [0, 0.1) is 17.8 Å². The highest BCUT2D eigenvalue weighted by molar-refractivity contribution is 6.06. The van der Waals surface area contributed by atoms with Gasteiger partial charge in [0.05, 0.1) is 11.1 Å². The lowest BCUT2D eigenvalue weighted by Gasteiger charge is -2.28. The third-order valence-electron chi connectivity index (χ3n) is 6.60. The number of carboxylic acid groups (broad SMARTS) is 2. The van der Waals surface area contributed by atoms with Gasteiger partial charge in [0, 0.05) is 0 Å². The summed E-state index contributed by atoms with van der Waals surface area (Å²) in [5, 5.41) is 19.7. The van der Waals surface area contributed by atoms with Gasteiger partial charge in [-0.05, 0) is 43.4 Å². The zero-order chi connectivity index (χ0) is 21.8. The van der Waals surface area contributed by atoms with Gasteiger partial charge in [0.15, 0.2) is 0 Å². The van der Waals surface area contributed by atoms with Crippen LogP contribution in [-0.2, 0) is 9.59 Å². The van der Waals surface area contributed by atoms with Crippen molar-refractivity contribution in [3.8, 4) is 0 Å². The van der Waals surface area contributed by atoms with E-state index in [2.05, 4.69) is 27.7 Å². The third kappa shape index (κ3) is 7.98. The normalized spacial score (nSPS) is 19.4. The number of allylic oxidation sites excluding steroid dienone is 2. The Kier molecular flexibility index (Phi) is 11.9. The quantitative estimate of drug-likeness (QED) is 0.325. The monoisotopic (exact) mass is 406 g/mol. The smallest absolute Gasteiger partial charge is 0.336 e. The Labute approximate surface area is 177 Å². The van der Waals surface area contributed by atoms with Crippen LogP contribution in [0.2, 0.25) is 0 Å². The Morgan fingerprint density at radius 1 is 0.966 bits per heavy atom. The first-order valence-electron chi connectivity index (χ1n) is 11.8. The second kappa shape index (κ2) is 13.6. The molecule has 0 saturated heterocycles. The number of carboxylic acids is 2. The first-order chi connectivity index (χ1) is 13.9. The van der Waals surface area contributed by atoms with Gasteiger partial charge in [-0.1, -0.05) is 90.7 Å². The third-order valence-corrected chi connectivity index (χ3v) is 6.60. The van der Waals surface area contributed by atoms with E-state index >= 15 is 0 Å². The molecule has 4 heteroatoms. The minimum Gasteiger partial charge on any atom is -0.478 e. The van der Waals surface area contributed by atoms with Crippen molar-refractivity contribution in [1.29, 1.82) is 0 Å². The largest absolute Gasteiger partial charge is 0.478 e. The molecule has 1 rings (SSSR count). The summed E-state index contributed by atoms with van der Waals surface area (Å²) < 4.78 is 0. The second-order valence-electron chi connectivity index (χ2n) is 8.68. The highest BCUT2D eigenvalue weighted by Gasteiger charge is 2.32. The number of aliphatic carboxylic acids is 2. The maximum absolute atomic E-state index is 12.2. The molecule has 29 heavy (non-hydrogen) atoms. The summed E-state index contributed by atoms with van der Waals surface area (Å²) in [4.78, 5) is 24.1. The van der Waals surface area contributed by atoms with E-state index in [1.54, 1.807) is 6.08 Å². The highest BCUT2D eigenvalue weighted by atomic mass is 16.4. The highest BCUT2D eigenvalue weighted by Crippen LogP contribution is 2.40. The fourth-order valence-electron chi connectivity index (χ4n) is 4.70. The number of hydrogen-bond donors (Lipinski definition) is 2. The Morgan fingerprint density at radius 3 is 2.03 bits per heavy atom. The van der Waals surface area contributed by atoms with Gasteiger partial charge in [-0.25, -0.2) is 9.59 Å². The van der Waals surface area contributed by atoms with Crippen molar-refractivity contribution >= 4 is 11.9 Å². The van der Waals surface area contributed by atoms with Crippen molar-refractivity contribution in [1.82, 2.24) is 0 Å². The summed E-state index contributed by atoms with van der Waals surface area (Å²) in [7, 11) is 0. The summed E-state index contributed by atoms with van der Waals surface area (Å²) in [6.45, 7) is 8.76. The lowest BCUT2D eigenvalue weighted by atomic mass is 9.77. The van der Waals surface area contributed by atoms with Crippen LogP contribution in [0.25, 0.3) is 0 Å². The molecule has 0 spiro atoms. The number of unbranched alkanes of at least 4 members (excludes halogenated alkanes) is 2. The van der Waals surface area contributed by atoms with Crippen molar-refractivity contribution < 1.29 is 19.8 Å². The van der Waals surface area contributed by atoms with Crippen LogP contribution in [0.4, 0.5) is 0 Å². The van der Waals surface area contributed by atoms with E-state index in [0.717, 1.165) is 56.9 Å². The van der Waals surface area contributed by atoms with Crippen LogP contribution in [0.15, 0.2) is 22.8 Å². The molecule has 166 valence electrons. The SMILES string of the molecule is CCCCC(CC)CC1=C(C(=O)O)C(C(=O)O)=CCCC1CC(CC)CCCC. The van der Waals surface area contributed by atoms with Gasteiger partial charge in [-0.15, -0.1) is 0 Å². The van der Waals surface area contributed by atoms with Gasteiger partial charge in [-0.2, -0.15) is 0 Å². The van der Waals surface area contributed by atoms with E-state index in [4.69, 9.17) is 0 Å². The minimum absolute atomic E-state index is 0.00181. The van der Waals surface area contributed by atoms with E-state index in [-0.39, 0.29) is 17.1 Å². The molecule has 3 unspecified atom stereocenters. The number of hydrogen-bond acceptors (Lipinski definition) is 2. The molecule has 0 aliphatic heterocycles. The van der Waals surface area contributed by atoms with Crippen LogP contribution < -0.4 is 0 Å². The van der Waals surface area contributed by atoms with Crippen LogP contribution in [0.3, 0.4) is 0 Å². The molecule has 4 nitrogen and oxygen atoms in total. The summed E-state index contributed by atoms with van der Waals surface area (Å²) in [6, 6.07) is 0. The molecule has 0 fully saturated rings. The Balaban J connectivity index is 3.33. The van der Waals surface area contributed by atoms with Crippen LogP contribution in [-0.4, -0.2) is 22.2 Å². The van der Waals surface area contributed by atoms with E-state index < -0.39 is 11.9 Å². The van der Waals surface area contributed by atoms with Gasteiger partial charge < -0.3 is 10.2 Å². The molecule has 2 N–H and O–H groups in total. The second-order valence-corrected chi connectivity index (χ2v) is 8.68. The molecule has 1 aliphatic rings. The standard InChI is InChI=1S/C25H42O4/c1-5-9-12-18(7-3)16-20-14-11-15-21(24(26)27)23(25(28)29)22(20)17-19(8-4)13-10-6-2/h15,18-20H,5-14,16-17H2,1-4H3,(H,26,27)(H,28,29). The maximum Gasteiger partial charge on any atom is 0.336 e. The Morgan fingerprint density at radius 2 is 1.55 bits per heavy atom. The zero-order valence-electron chi connectivity index (χ0n) is 19.0. The molecule has 0 saturated carbocycles. The van der Waals surface area contributed by atoms with E-state index in [1.807, 2.05) is 0 Å². The first-order valence-corrected chi connectivity index (χ1v) is 11.8. The topological polar surface area (TPSA) is 74.6 Å². The van der Waals surface area contributed by atoms with Gasteiger partial charge in [0.1, 0.15) is 0 Å².